The van der Waals surface area contributed by atoms with Crippen LogP contribution < -0.4 is 9.62 Å². The van der Waals surface area contributed by atoms with Crippen LogP contribution in [0.5, 0.6) is 0 Å². The van der Waals surface area contributed by atoms with Crippen molar-refractivity contribution in [2.45, 2.75) is 37.2 Å². The number of anilines is 1. The largest absolute Gasteiger partial charge is 0.354 e. The molecule has 0 aromatic heterocycles. The van der Waals surface area contributed by atoms with Crippen LogP contribution in [0.4, 0.5) is 5.69 Å². The summed E-state index contributed by atoms with van der Waals surface area (Å²) in [5, 5.41) is 3.67. The van der Waals surface area contributed by atoms with Crippen LogP contribution in [0.2, 0.25) is 10.0 Å². The zero-order valence-corrected chi connectivity index (χ0v) is 27.9. The average molecular weight is 718 g/mol. The van der Waals surface area contributed by atoms with Crippen molar-refractivity contribution in [3.05, 3.63) is 129 Å². The van der Waals surface area contributed by atoms with Gasteiger partial charge in [-0.15, -0.1) is 0 Å². The molecule has 1 atom stereocenters. The molecule has 4 aromatic rings. The zero-order chi connectivity index (χ0) is 31.7. The number of halogens is 3. The third kappa shape index (κ3) is 8.63. The second kappa shape index (κ2) is 15.6. The molecule has 0 aliphatic heterocycles. The summed E-state index contributed by atoms with van der Waals surface area (Å²) in [4.78, 5) is 29.6. The van der Waals surface area contributed by atoms with Crippen molar-refractivity contribution in [1.29, 1.82) is 0 Å². The number of sulfonamides is 1. The van der Waals surface area contributed by atoms with Gasteiger partial charge in [-0.2, -0.15) is 0 Å². The summed E-state index contributed by atoms with van der Waals surface area (Å²) in [6, 6.07) is 27.9. The first-order valence-corrected chi connectivity index (χ1v) is 17.0. The van der Waals surface area contributed by atoms with E-state index in [2.05, 4.69) is 21.2 Å². The first-order valence-electron chi connectivity index (χ1n) is 14.0. The molecule has 0 saturated heterocycles. The zero-order valence-electron chi connectivity index (χ0n) is 24.0. The highest BCUT2D eigenvalue weighted by molar-refractivity contribution is 9.10. The first-order chi connectivity index (χ1) is 21.1. The number of hydrogen-bond donors (Lipinski definition) is 1. The van der Waals surface area contributed by atoms with Crippen molar-refractivity contribution >= 4 is 66.7 Å². The minimum atomic E-state index is -4.17. The van der Waals surface area contributed by atoms with Gasteiger partial charge in [-0.1, -0.05) is 101 Å². The predicted molar refractivity (Wildman–Crippen MR) is 179 cm³/mol. The van der Waals surface area contributed by atoms with Crippen LogP contribution in [0.25, 0.3) is 0 Å². The molecule has 0 spiro atoms. The van der Waals surface area contributed by atoms with Gasteiger partial charge in [0.25, 0.3) is 10.0 Å². The van der Waals surface area contributed by atoms with Gasteiger partial charge < -0.3 is 10.2 Å². The Kier molecular flexibility index (Phi) is 11.9. The first kappa shape index (κ1) is 33.5. The van der Waals surface area contributed by atoms with Crippen molar-refractivity contribution < 1.29 is 18.0 Å². The van der Waals surface area contributed by atoms with E-state index in [4.69, 9.17) is 23.2 Å². The van der Waals surface area contributed by atoms with Crippen LogP contribution in [0.3, 0.4) is 0 Å². The van der Waals surface area contributed by atoms with Gasteiger partial charge in [-0.3, -0.25) is 13.9 Å². The molecule has 0 unspecified atom stereocenters. The van der Waals surface area contributed by atoms with Gasteiger partial charge in [0.15, 0.2) is 0 Å². The fraction of sp³-hybridized carbons (Fsp3) is 0.212. The van der Waals surface area contributed by atoms with Crippen molar-refractivity contribution in [3.8, 4) is 0 Å². The minimum Gasteiger partial charge on any atom is -0.354 e. The van der Waals surface area contributed by atoms with E-state index in [1.165, 1.54) is 17.0 Å². The number of amides is 2. The highest BCUT2D eigenvalue weighted by Gasteiger charge is 2.34. The Hall–Kier alpha value is -3.37. The molecule has 11 heteroatoms. The second-order valence-electron chi connectivity index (χ2n) is 10.1. The molecule has 0 bridgehead atoms. The molecular weight excluding hydrogens is 685 g/mol. The number of nitrogens with zero attached hydrogens (tertiary/aromatic N) is 2. The number of nitrogens with one attached hydrogen (secondary N) is 1. The molecular formula is C33H32BrCl2N3O4S. The topological polar surface area (TPSA) is 86.8 Å². The van der Waals surface area contributed by atoms with E-state index < -0.39 is 28.5 Å². The van der Waals surface area contributed by atoms with E-state index in [9.17, 15) is 18.0 Å². The van der Waals surface area contributed by atoms with Gasteiger partial charge in [0.05, 0.1) is 10.6 Å². The van der Waals surface area contributed by atoms with E-state index in [1.54, 1.807) is 60.7 Å². The lowest BCUT2D eigenvalue weighted by Crippen LogP contribution is -2.53. The molecule has 2 amide bonds. The maximum atomic E-state index is 14.4. The van der Waals surface area contributed by atoms with Gasteiger partial charge in [0.1, 0.15) is 12.6 Å². The van der Waals surface area contributed by atoms with Crippen molar-refractivity contribution in [1.82, 2.24) is 10.2 Å². The normalized spacial score (nSPS) is 11.9. The van der Waals surface area contributed by atoms with Gasteiger partial charge in [0.2, 0.25) is 11.8 Å². The molecule has 0 saturated carbocycles. The summed E-state index contributed by atoms with van der Waals surface area (Å²) in [5.74, 6) is -0.929. The Balaban J connectivity index is 1.80. The monoisotopic (exact) mass is 715 g/mol. The Bertz CT molecular complexity index is 1670. The fourth-order valence-electron chi connectivity index (χ4n) is 4.61. The van der Waals surface area contributed by atoms with E-state index >= 15 is 0 Å². The maximum absolute atomic E-state index is 14.4. The molecule has 0 aliphatic carbocycles. The van der Waals surface area contributed by atoms with Crippen LogP contribution >= 0.6 is 39.1 Å². The molecule has 0 heterocycles. The fourth-order valence-corrected chi connectivity index (χ4v) is 6.78. The Morgan fingerprint density at radius 2 is 1.52 bits per heavy atom. The summed E-state index contributed by atoms with van der Waals surface area (Å²) in [6.07, 6.45) is 0.907. The van der Waals surface area contributed by atoms with Crippen LogP contribution in [0, 0.1) is 0 Å². The van der Waals surface area contributed by atoms with Crippen LogP contribution in [0.1, 0.15) is 24.5 Å². The van der Waals surface area contributed by atoms with Crippen molar-refractivity contribution in [3.63, 3.8) is 0 Å². The van der Waals surface area contributed by atoms with Gasteiger partial charge >= 0.3 is 0 Å². The standard InChI is InChI=1S/C33H32BrCl2N3O4S/c1-2-19-37-33(41)31(20-24-9-5-3-6-10-24)38(22-25-13-16-27(35)21-30(25)36)32(40)23-39(28-17-14-26(34)15-18-28)44(42,43)29-11-7-4-8-12-29/h3-18,21,31H,2,19-20,22-23H2,1H3,(H,37,41)/t31-/m0/s1. The molecule has 0 aliphatic rings. The third-order valence-corrected chi connectivity index (χ3v) is 9.80. The number of carbonyl (C=O) groups is 2. The summed E-state index contributed by atoms with van der Waals surface area (Å²) in [5.41, 5.74) is 1.70. The Morgan fingerprint density at radius 3 is 2.14 bits per heavy atom. The van der Waals surface area contributed by atoms with Crippen LogP contribution in [0.15, 0.2) is 112 Å². The summed E-state index contributed by atoms with van der Waals surface area (Å²) in [6.45, 7) is 1.75. The van der Waals surface area contributed by atoms with Gasteiger partial charge in [0, 0.05) is 34.0 Å². The number of benzene rings is 4. The molecule has 0 fully saturated rings. The molecule has 4 rings (SSSR count). The van der Waals surface area contributed by atoms with E-state index in [1.807, 2.05) is 37.3 Å². The van der Waals surface area contributed by atoms with Crippen LogP contribution in [-0.4, -0.2) is 44.3 Å². The number of hydrogen-bond acceptors (Lipinski definition) is 4. The number of rotatable bonds is 13. The highest BCUT2D eigenvalue weighted by atomic mass is 79.9. The Morgan fingerprint density at radius 1 is 0.886 bits per heavy atom. The molecule has 4 aromatic carbocycles. The molecule has 0 radical (unpaired) electrons. The lowest BCUT2D eigenvalue weighted by molar-refractivity contribution is -0.140. The van der Waals surface area contributed by atoms with Gasteiger partial charge in [-0.05, 0) is 66.1 Å². The molecule has 7 nitrogen and oxygen atoms in total. The summed E-state index contributed by atoms with van der Waals surface area (Å²) < 4.78 is 29.8. The van der Waals surface area contributed by atoms with E-state index in [0.29, 0.717) is 34.3 Å². The Labute approximate surface area is 277 Å². The number of carbonyl (C=O) groups excluding carboxylic acids is 2. The third-order valence-electron chi connectivity index (χ3n) is 6.90. The molecule has 44 heavy (non-hydrogen) atoms. The highest BCUT2D eigenvalue weighted by Crippen LogP contribution is 2.28. The van der Waals surface area contributed by atoms with Gasteiger partial charge in [-0.25, -0.2) is 8.42 Å². The SMILES string of the molecule is CCCNC(=O)[C@H](Cc1ccccc1)N(Cc1ccc(Cl)cc1Cl)C(=O)CN(c1ccc(Br)cc1)S(=O)(=O)c1ccccc1. The summed E-state index contributed by atoms with van der Waals surface area (Å²) >= 11 is 16.1. The van der Waals surface area contributed by atoms with Crippen molar-refractivity contribution in [2.24, 2.45) is 0 Å². The van der Waals surface area contributed by atoms with E-state index in [0.717, 1.165) is 14.3 Å². The lowest BCUT2D eigenvalue weighted by atomic mass is 10.0. The minimum absolute atomic E-state index is 0.0320. The molecule has 1 N–H and O–H groups in total. The lowest BCUT2D eigenvalue weighted by Gasteiger charge is -2.34. The summed E-state index contributed by atoms with van der Waals surface area (Å²) in [7, 11) is -4.17. The van der Waals surface area contributed by atoms with E-state index in [-0.39, 0.29) is 23.8 Å². The predicted octanol–water partition coefficient (Wildman–Crippen LogP) is 7.12. The van der Waals surface area contributed by atoms with Crippen molar-refractivity contribution in [2.75, 3.05) is 17.4 Å². The maximum Gasteiger partial charge on any atom is 0.264 e. The smallest absolute Gasteiger partial charge is 0.264 e. The molecule has 230 valence electrons. The van der Waals surface area contributed by atoms with Crippen LogP contribution in [-0.2, 0) is 32.6 Å². The quantitative estimate of drug-likeness (QED) is 0.160. The average Bonchev–Trinajstić information content (AvgIpc) is 3.02. The second-order valence-corrected chi connectivity index (χ2v) is 13.7.